The first-order valence-corrected chi connectivity index (χ1v) is 3.08. The Morgan fingerprint density at radius 3 is 2.44 bits per heavy atom. The molecule has 1 fully saturated rings. The molecule has 0 amide bonds. The first-order valence-electron chi connectivity index (χ1n) is 3.08. The van der Waals surface area contributed by atoms with E-state index < -0.39 is 11.8 Å². The molecule has 1 rings (SSSR count). The highest BCUT2D eigenvalue weighted by Crippen LogP contribution is 2.23. The average Bonchev–Trinajstić information content (AvgIpc) is 1.79. The Bertz CT molecular complexity index is 116. The van der Waals surface area contributed by atoms with Crippen LogP contribution in [0.3, 0.4) is 0 Å². The van der Waals surface area contributed by atoms with Crippen LogP contribution in [-0.2, 0) is 0 Å². The topological polar surface area (TPSA) is 23.5 Å². The van der Waals surface area contributed by atoms with Crippen molar-refractivity contribution in [2.75, 3.05) is 20.1 Å². The van der Waals surface area contributed by atoms with Gasteiger partial charge >= 0.3 is 0 Å². The van der Waals surface area contributed by atoms with E-state index in [-0.39, 0.29) is 0 Å². The first kappa shape index (κ1) is 6.96. The molecule has 0 bridgehead atoms. The summed E-state index contributed by atoms with van der Waals surface area (Å²) in [4.78, 5) is 1.78. The van der Waals surface area contributed by atoms with Gasteiger partial charge in [0.2, 0.25) is 0 Å². The maximum absolute atomic E-state index is 13.0. The number of halogens is 1. The monoisotopic (exact) mass is 133 g/mol. The molecule has 1 aliphatic heterocycles. The van der Waals surface area contributed by atoms with E-state index in [1.54, 1.807) is 11.9 Å². The SMILES string of the molecule is CN1CC(O)C(C)(F)C1. The highest BCUT2D eigenvalue weighted by atomic mass is 19.1. The van der Waals surface area contributed by atoms with Crippen LogP contribution in [0.15, 0.2) is 0 Å². The minimum Gasteiger partial charge on any atom is -0.388 e. The van der Waals surface area contributed by atoms with Crippen molar-refractivity contribution in [3.8, 4) is 0 Å². The molecule has 1 aliphatic rings. The molecule has 1 heterocycles. The predicted octanol–water partition coefficient (Wildman–Crippen LogP) is 0.0209. The Morgan fingerprint density at radius 2 is 2.33 bits per heavy atom. The van der Waals surface area contributed by atoms with Crippen molar-refractivity contribution in [3.05, 3.63) is 0 Å². The molecule has 2 unspecified atom stereocenters. The van der Waals surface area contributed by atoms with Crippen LogP contribution in [-0.4, -0.2) is 41.9 Å². The molecule has 0 aromatic heterocycles. The van der Waals surface area contributed by atoms with Gasteiger partial charge in [0.25, 0.3) is 0 Å². The molecule has 2 nitrogen and oxygen atoms in total. The lowest BCUT2D eigenvalue weighted by molar-refractivity contribution is 0.0459. The molecular formula is C6H12FNO. The zero-order valence-electron chi connectivity index (χ0n) is 5.76. The van der Waals surface area contributed by atoms with Gasteiger partial charge in [-0.05, 0) is 14.0 Å². The molecule has 0 aromatic carbocycles. The Morgan fingerprint density at radius 1 is 1.78 bits per heavy atom. The summed E-state index contributed by atoms with van der Waals surface area (Å²) < 4.78 is 13.0. The standard InChI is InChI=1S/C6H12FNO/c1-6(7)4-8(2)3-5(6)9/h5,9H,3-4H2,1-2H3. The maximum Gasteiger partial charge on any atom is 0.147 e. The molecule has 0 radical (unpaired) electrons. The number of alkyl halides is 1. The van der Waals surface area contributed by atoms with E-state index in [2.05, 4.69) is 0 Å². The van der Waals surface area contributed by atoms with E-state index in [9.17, 15) is 4.39 Å². The lowest BCUT2D eigenvalue weighted by Crippen LogP contribution is -2.32. The first-order chi connectivity index (χ1) is 4.02. The van der Waals surface area contributed by atoms with Gasteiger partial charge in [0.1, 0.15) is 11.8 Å². The minimum atomic E-state index is -1.39. The summed E-state index contributed by atoms with van der Waals surface area (Å²) in [5.41, 5.74) is -1.39. The molecule has 0 aliphatic carbocycles. The van der Waals surface area contributed by atoms with Crippen molar-refractivity contribution in [1.29, 1.82) is 0 Å². The van der Waals surface area contributed by atoms with Crippen molar-refractivity contribution >= 4 is 0 Å². The summed E-state index contributed by atoms with van der Waals surface area (Å²) in [6.45, 7) is 2.22. The Hall–Kier alpha value is -0.150. The van der Waals surface area contributed by atoms with E-state index in [1.807, 2.05) is 0 Å². The molecular weight excluding hydrogens is 121 g/mol. The van der Waals surface area contributed by atoms with E-state index in [0.29, 0.717) is 13.1 Å². The Balaban J connectivity index is 2.58. The van der Waals surface area contributed by atoms with Crippen LogP contribution >= 0.6 is 0 Å². The Labute approximate surface area is 54.3 Å². The number of rotatable bonds is 0. The van der Waals surface area contributed by atoms with Crippen molar-refractivity contribution < 1.29 is 9.50 Å². The summed E-state index contributed by atoms with van der Waals surface area (Å²) in [7, 11) is 1.80. The number of aliphatic hydroxyl groups excluding tert-OH is 1. The fourth-order valence-corrected chi connectivity index (χ4v) is 1.18. The minimum absolute atomic E-state index is 0.341. The number of likely N-dealkylation sites (N-methyl/N-ethyl adjacent to an activating group) is 1. The smallest absolute Gasteiger partial charge is 0.147 e. The predicted molar refractivity (Wildman–Crippen MR) is 33.0 cm³/mol. The number of aliphatic hydroxyl groups is 1. The number of β-amino-alcohol motifs (C(OH)–C–C–N with tert-alkyl or cyclic N) is 1. The van der Waals surface area contributed by atoms with Gasteiger partial charge in [0, 0.05) is 13.1 Å². The zero-order chi connectivity index (χ0) is 7.07. The van der Waals surface area contributed by atoms with E-state index in [4.69, 9.17) is 5.11 Å². The van der Waals surface area contributed by atoms with E-state index in [1.165, 1.54) is 6.92 Å². The highest BCUT2D eigenvalue weighted by molar-refractivity contribution is 4.93. The second kappa shape index (κ2) is 1.92. The molecule has 9 heavy (non-hydrogen) atoms. The molecule has 3 heteroatoms. The van der Waals surface area contributed by atoms with Crippen LogP contribution in [0.1, 0.15) is 6.92 Å². The van der Waals surface area contributed by atoms with E-state index >= 15 is 0 Å². The van der Waals surface area contributed by atoms with Crippen LogP contribution < -0.4 is 0 Å². The van der Waals surface area contributed by atoms with E-state index in [0.717, 1.165) is 0 Å². The van der Waals surface area contributed by atoms with Crippen LogP contribution in [0.25, 0.3) is 0 Å². The highest BCUT2D eigenvalue weighted by Gasteiger charge is 2.40. The quantitative estimate of drug-likeness (QED) is 0.503. The maximum atomic E-state index is 13.0. The molecule has 54 valence electrons. The second-order valence-corrected chi connectivity index (χ2v) is 2.99. The number of hydrogen-bond donors (Lipinski definition) is 1. The largest absolute Gasteiger partial charge is 0.388 e. The molecule has 1 saturated heterocycles. The molecule has 2 atom stereocenters. The second-order valence-electron chi connectivity index (χ2n) is 2.99. The van der Waals surface area contributed by atoms with Crippen molar-refractivity contribution in [1.82, 2.24) is 4.90 Å². The number of hydrogen-bond acceptors (Lipinski definition) is 2. The summed E-state index contributed by atoms with van der Waals surface area (Å²) in [5.74, 6) is 0. The fraction of sp³-hybridized carbons (Fsp3) is 1.00. The molecule has 0 saturated carbocycles. The third-order valence-corrected chi connectivity index (χ3v) is 1.76. The summed E-state index contributed by atoms with van der Waals surface area (Å²) in [5, 5.41) is 9.01. The van der Waals surface area contributed by atoms with Gasteiger partial charge in [0.05, 0.1) is 0 Å². The van der Waals surface area contributed by atoms with Crippen molar-refractivity contribution in [2.45, 2.75) is 18.7 Å². The van der Waals surface area contributed by atoms with Gasteiger partial charge in [0.15, 0.2) is 0 Å². The van der Waals surface area contributed by atoms with Crippen LogP contribution in [0.2, 0.25) is 0 Å². The van der Waals surface area contributed by atoms with Gasteiger partial charge in [-0.25, -0.2) is 4.39 Å². The third kappa shape index (κ3) is 1.22. The van der Waals surface area contributed by atoms with Crippen LogP contribution in [0.4, 0.5) is 4.39 Å². The fourth-order valence-electron chi connectivity index (χ4n) is 1.18. The number of likely N-dealkylation sites (tertiary alicyclic amines) is 1. The van der Waals surface area contributed by atoms with Gasteiger partial charge in [-0.15, -0.1) is 0 Å². The summed E-state index contributed by atoms with van der Waals surface area (Å²) in [6, 6.07) is 0. The van der Waals surface area contributed by atoms with Crippen molar-refractivity contribution in [2.24, 2.45) is 0 Å². The average molecular weight is 133 g/mol. The molecule has 0 aromatic rings. The zero-order valence-corrected chi connectivity index (χ0v) is 5.76. The molecule has 1 N–H and O–H groups in total. The van der Waals surface area contributed by atoms with Gasteiger partial charge in [-0.3, -0.25) is 0 Å². The van der Waals surface area contributed by atoms with Crippen molar-refractivity contribution in [3.63, 3.8) is 0 Å². The lowest BCUT2D eigenvalue weighted by atomic mass is 10.1. The summed E-state index contributed by atoms with van der Waals surface area (Å²) >= 11 is 0. The Kier molecular flexibility index (Phi) is 1.49. The molecule has 0 spiro atoms. The van der Waals surface area contributed by atoms with Crippen LogP contribution in [0.5, 0.6) is 0 Å². The lowest BCUT2D eigenvalue weighted by Gasteiger charge is -2.15. The van der Waals surface area contributed by atoms with Crippen LogP contribution in [0, 0.1) is 0 Å². The normalized spacial score (nSPS) is 46.0. The third-order valence-electron chi connectivity index (χ3n) is 1.76. The van der Waals surface area contributed by atoms with Gasteiger partial charge in [-0.2, -0.15) is 0 Å². The van der Waals surface area contributed by atoms with Gasteiger partial charge < -0.3 is 10.0 Å². The number of nitrogens with zero attached hydrogens (tertiary/aromatic N) is 1. The summed E-state index contributed by atoms with van der Waals surface area (Å²) in [6.07, 6.45) is -0.803. The van der Waals surface area contributed by atoms with Gasteiger partial charge in [-0.1, -0.05) is 0 Å².